The quantitative estimate of drug-likeness (QED) is 0.853. The number of nitrogens with zero attached hydrogens (tertiary/aromatic N) is 2. The zero-order valence-electron chi connectivity index (χ0n) is 10.1. The third kappa shape index (κ3) is 2.84. The maximum Gasteiger partial charge on any atom is 0.189 e. The van der Waals surface area contributed by atoms with E-state index in [-0.39, 0.29) is 5.92 Å². The molecule has 0 aliphatic carbocycles. The Bertz CT molecular complexity index is 652. The topological polar surface area (TPSA) is 54.4 Å². The number of rotatable bonds is 2. The number of hydrogen-bond acceptors (Lipinski definition) is 5. The van der Waals surface area contributed by atoms with Crippen LogP contribution in [0.3, 0.4) is 0 Å². The summed E-state index contributed by atoms with van der Waals surface area (Å²) in [5.41, 5.74) is 0.971. The second-order valence-corrected chi connectivity index (χ2v) is 6.42. The van der Waals surface area contributed by atoms with Crippen LogP contribution < -0.4 is 5.32 Å². The molecule has 1 aliphatic heterocycles. The predicted molar refractivity (Wildman–Crippen MR) is 82.0 cm³/mol. The molecule has 98 valence electrons. The van der Waals surface area contributed by atoms with E-state index in [9.17, 15) is 4.79 Å². The van der Waals surface area contributed by atoms with Gasteiger partial charge in [-0.15, -0.1) is 0 Å². The van der Waals surface area contributed by atoms with Gasteiger partial charge in [0.25, 0.3) is 0 Å². The Hall–Kier alpha value is -1.27. The number of amidine groups is 1. The van der Waals surface area contributed by atoms with E-state index in [1.165, 1.54) is 0 Å². The predicted octanol–water partition coefficient (Wildman–Crippen LogP) is 3.48. The molecule has 0 saturated heterocycles. The summed E-state index contributed by atoms with van der Waals surface area (Å²) in [6.07, 6.45) is 2.55. The molecule has 2 aromatic rings. The number of aldehydes is 1. The number of benzene rings is 1. The third-order valence-electron chi connectivity index (χ3n) is 3.05. The first kappa shape index (κ1) is 12.7. The van der Waals surface area contributed by atoms with Gasteiger partial charge in [-0.3, -0.25) is 4.99 Å². The Morgan fingerprint density at radius 1 is 1.47 bits per heavy atom. The highest BCUT2D eigenvalue weighted by Crippen LogP contribution is 2.29. The van der Waals surface area contributed by atoms with Crippen LogP contribution in [0.2, 0.25) is 0 Å². The van der Waals surface area contributed by atoms with E-state index in [2.05, 4.69) is 37.3 Å². The molecule has 4 nitrogen and oxygen atoms in total. The molecule has 0 radical (unpaired) electrons. The normalized spacial score (nSPS) is 19.2. The monoisotopic (exact) mass is 337 g/mol. The third-order valence-corrected chi connectivity index (χ3v) is 4.48. The van der Waals surface area contributed by atoms with Crippen LogP contribution in [0.4, 0.5) is 5.13 Å². The number of hydrogen-bond donors (Lipinski definition) is 1. The SMILES string of the molecule is O=CC1CCN=C(Nc2nc3ccc(Br)cc3s2)C1. The van der Waals surface area contributed by atoms with Gasteiger partial charge in [0.2, 0.25) is 0 Å². The molecule has 0 saturated carbocycles. The molecular weight excluding hydrogens is 326 g/mol. The van der Waals surface area contributed by atoms with Crippen molar-refractivity contribution in [1.82, 2.24) is 4.98 Å². The van der Waals surface area contributed by atoms with Crippen molar-refractivity contribution in [2.45, 2.75) is 12.8 Å². The molecule has 0 spiro atoms. The maximum atomic E-state index is 10.8. The van der Waals surface area contributed by atoms with Crippen molar-refractivity contribution in [2.24, 2.45) is 10.9 Å². The van der Waals surface area contributed by atoms with E-state index in [0.29, 0.717) is 13.0 Å². The molecule has 19 heavy (non-hydrogen) atoms. The zero-order chi connectivity index (χ0) is 13.2. The highest BCUT2D eigenvalue weighted by Gasteiger charge is 2.17. The summed E-state index contributed by atoms with van der Waals surface area (Å²) in [6.45, 7) is 0.710. The second-order valence-electron chi connectivity index (χ2n) is 4.47. The highest BCUT2D eigenvalue weighted by molar-refractivity contribution is 9.10. The minimum Gasteiger partial charge on any atom is -0.320 e. The lowest BCUT2D eigenvalue weighted by atomic mass is 10.0. The number of halogens is 1. The molecule has 6 heteroatoms. The number of nitrogens with one attached hydrogen (secondary N) is 1. The first-order valence-corrected chi connectivity index (χ1v) is 7.67. The van der Waals surface area contributed by atoms with Crippen LogP contribution in [0.5, 0.6) is 0 Å². The Morgan fingerprint density at radius 2 is 2.37 bits per heavy atom. The van der Waals surface area contributed by atoms with Crippen LogP contribution >= 0.6 is 27.3 Å². The average molecular weight is 338 g/mol. The Labute approximate surface area is 123 Å². The van der Waals surface area contributed by atoms with Gasteiger partial charge >= 0.3 is 0 Å². The average Bonchev–Trinajstić information content (AvgIpc) is 2.80. The fourth-order valence-corrected chi connectivity index (χ4v) is 3.50. The smallest absolute Gasteiger partial charge is 0.189 e. The van der Waals surface area contributed by atoms with Crippen molar-refractivity contribution in [3.8, 4) is 0 Å². The Balaban J connectivity index is 1.81. The lowest BCUT2D eigenvalue weighted by molar-refractivity contribution is -0.111. The number of carbonyl (C=O) groups excluding carboxylic acids is 1. The molecule has 1 aromatic heterocycles. The molecular formula is C13H12BrN3OS. The molecule has 1 aliphatic rings. The summed E-state index contributed by atoms with van der Waals surface area (Å²) in [5.74, 6) is 0.949. The largest absolute Gasteiger partial charge is 0.320 e. The van der Waals surface area contributed by atoms with Crippen molar-refractivity contribution in [2.75, 3.05) is 11.9 Å². The van der Waals surface area contributed by atoms with Gasteiger partial charge in [-0.25, -0.2) is 4.98 Å². The summed E-state index contributed by atoms with van der Waals surface area (Å²) in [4.78, 5) is 19.8. The first-order valence-electron chi connectivity index (χ1n) is 6.06. The summed E-state index contributed by atoms with van der Waals surface area (Å²) < 4.78 is 2.17. The maximum absolute atomic E-state index is 10.8. The lowest BCUT2D eigenvalue weighted by Gasteiger charge is -2.17. The number of anilines is 1. The molecule has 1 aromatic carbocycles. The van der Waals surface area contributed by atoms with E-state index >= 15 is 0 Å². The van der Waals surface area contributed by atoms with E-state index in [4.69, 9.17) is 0 Å². The number of aromatic nitrogens is 1. The van der Waals surface area contributed by atoms with Gasteiger partial charge in [0.05, 0.1) is 10.2 Å². The van der Waals surface area contributed by atoms with Crippen molar-refractivity contribution < 1.29 is 4.79 Å². The highest BCUT2D eigenvalue weighted by atomic mass is 79.9. The van der Waals surface area contributed by atoms with Gasteiger partial charge in [0.15, 0.2) is 5.13 Å². The second kappa shape index (κ2) is 5.38. The Morgan fingerprint density at radius 3 is 3.21 bits per heavy atom. The molecule has 0 fully saturated rings. The van der Waals surface area contributed by atoms with Crippen molar-refractivity contribution >= 4 is 54.7 Å². The number of carbonyl (C=O) groups is 1. The molecule has 0 amide bonds. The van der Waals surface area contributed by atoms with Crippen LogP contribution in [0.1, 0.15) is 12.8 Å². The van der Waals surface area contributed by atoms with Gasteiger partial charge in [-0.1, -0.05) is 27.3 Å². The van der Waals surface area contributed by atoms with Gasteiger partial charge in [0, 0.05) is 23.4 Å². The summed E-state index contributed by atoms with van der Waals surface area (Å²) in [7, 11) is 0. The molecule has 1 unspecified atom stereocenters. The summed E-state index contributed by atoms with van der Waals surface area (Å²) in [6, 6.07) is 6.01. The van der Waals surface area contributed by atoms with Crippen LogP contribution in [-0.4, -0.2) is 23.7 Å². The fraction of sp³-hybridized carbons (Fsp3) is 0.308. The van der Waals surface area contributed by atoms with Crippen LogP contribution in [0.25, 0.3) is 10.2 Å². The lowest BCUT2D eigenvalue weighted by Crippen LogP contribution is -2.23. The van der Waals surface area contributed by atoms with Crippen molar-refractivity contribution in [3.05, 3.63) is 22.7 Å². The van der Waals surface area contributed by atoms with E-state index in [1.807, 2.05) is 12.1 Å². The van der Waals surface area contributed by atoms with Gasteiger partial charge in [-0.05, 0) is 24.6 Å². The Kier molecular flexibility index (Phi) is 3.61. The first-order chi connectivity index (χ1) is 9.24. The van der Waals surface area contributed by atoms with E-state index in [1.54, 1.807) is 11.3 Å². The zero-order valence-corrected chi connectivity index (χ0v) is 12.5. The standard InChI is InChI=1S/C13H12BrN3OS/c14-9-1-2-10-11(6-9)19-13(16-10)17-12-5-8(7-18)3-4-15-12/h1-2,6-8H,3-5H2,(H,15,16,17). The molecule has 1 N–H and O–H groups in total. The minimum absolute atomic E-state index is 0.0866. The van der Waals surface area contributed by atoms with E-state index < -0.39 is 0 Å². The molecule has 2 heterocycles. The molecule has 3 rings (SSSR count). The van der Waals surface area contributed by atoms with E-state index in [0.717, 1.165) is 38.4 Å². The van der Waals surface area contributed by atoms with Gasteiger partial charge < -0.3 is 10.1 Å². The van der Waals surface area contributed by atoms with Crippen LogP contribution in [0, 0.1) is 5.92 Å². The molecule has 0 bridgehead atoms. The summed E-state index contributed by atoms with van der Waals surface area (Å²) in [5, 5.41) is 4.07. The van der Waals surface area contributed by atoms with Crippen molar-refractivity contribution in [3.63, 3.8) is 0 Å². The minimum atomic E-state index is 0.0866. The van der Waals surface area contributed by atoms with Crippen molar-refractivity contribution in [1.29, 1.82) is 0 Å². The number of thiazole rings is 1. The number of fused-ring (bicyclic) bond motifs is 1. The summed E-state index contributed by atoms with van der Waals surface area (Å²) >= 11 is 5.05. The fourth-order valence-electron chi connectivity index (χ4n) is 2.06. The van der Waals surface area contributed by atoms with Gasteiger partial charge in [-0.2, -0.15) is 0 Å². The number of aliphatic imine (C=N–C) groups is 1. The van der Waals surface area contributed by atoms with Gasteiger partial charge in [0.1, 0.15) is 12.1 Å². The van der Waals surface area contributed by atoms with Crippen LogP contribution in [-0.2, 0) is 4.79 Å². The van der Waals surface area contributed by atoms with Crippen LogP contribution in [0.15, 0.2) is 27.7 Å². The molecule has 1 atom stereocenters.